The minimum atomic E-state index is 0.661. The number of hydrogen-bond acceptors (Lipinski definition) is 7. The molecule has 0 saturated heterocycles. The van der Waals surface area contributed by atoms with Crippen LogP contribution in [-0.2, 0) is 0 Å². The molecule has 18 heavy (non-hydrogen) atoms. The third-order valence-corrected chi connectivity index (χ3v) is 2.47. The standard InChI is InChI=1S/C11H31N7/c12-2-1-10-18(11-4-14)17-9-8-16-7-6-15-5-3-13/h15-17H,1-14H2. The molecule has 7 heteroatoms. The minimum Gasteiger partial charge on any atom is -0.330 e. The Morgan fingerprint density at radius 1 is 0.667 bits per heavy atom. The van der Waals surface area contributed by atoms with Crippen molar-refractivity contribution in [3.8, 4) is 0 Å². The number of nitrogens with two attached hydrogens (primary N) is 3. The predicted octanol–water partition coefficient (Wildman–Crippen LogP) is -2.76. The maximum Gasteiger partial charge on any atom is 0.0254 e. The summed E-state index contributed by atoms with van der Waals surface area (Å²) in [5, 5.41) is 8.72. The first kappa shape index (κ1) is 17.7. The number of rotatable bonds is 14. The van der Waals surface area contributed by atoms with Gasteiger partial charge in [0.25, 0.3) is 0 Å². The number of nitrogens with one attached hydrogen (secondary N) is 3. The van der Waals surface area contributed by atoms with Gasteiger partial charge >= 0.3 is 0 Å². The average Bonchev–Trinajstić information content (AvgIpc) is 2.39. The molecule has 0 spiro atoms. The van der Waals surface area contributed by atoms with Crippen LogP contribution >= 0.6 is 0 Å². The summed E-state index contributed by atoms with van der Waals surface area (Å²) in [5.74, 6) is 0. The zero-order chi connectivity index (χ0) is 13.5. The predicted molar refractivity (Wildman–Crippen MR) is 77.1 cm³/mol. The van der Waals surface area contributed by atoms with Gasteiger partial charge in [-0.2, -0.15) is 0 Å². The molecule has 0 aliphatic heterocycles. The van der Waals surface area contributed by atoms with Gasteiger partial charge in [-0.05, 0) is 13.0 Å². The molecule has 0 aliphatic rings. The topological polar surface area (TPSA) is 117 Å². The van der Waals surface area contributed by atoms with Crippen LogP contribution in [0.3, 0.4) is 0 Å². The summed E-state index contributed by atoms with van der Waals surface area (Å²) in [6.45, 7) is 8.51. The molecule has 0 saturated carbocycles. The number of hydrogen-bond donors (Lipinski definition) is 6. The van der Waals surface area contributed by atoms with Crippen LogP contribution in [0.2, 0.25) is 0 Å². The Labute approximate surface area is 111 Å². The first-order chi connectivity index (χ1) is 8.85. The molecule has 0 unspecified atom stereocenters. The lowest BCUT2D eigenvalue weighted by atomic mass is 10.4. The molecular weight excluding hydrogens is 230 g/mol. The summed E-state index contributed by atoms with van der Waals surface area (Å²) >= 11 is 0. The zero-order valence-electron chi connectivity index (χ0n) is 11.5. The van der Waals surface area contributed by atoms with Gasteiger partial charge in [0.1, 0.15) is 0 Å². The van der Waals surface area contributed by atoms with E-state index in [1.165, 1.54) is 0 Å². The fourth-order valence-electron chi connectivity index (χ4n) is 1.54. The van der Waals surface area contributed by atoms with Gasteiger partial charge in [-0.15, -0.1) is 0 Å². The number of hydrazine groups is 1. The van der Waals surface area contributed by atoms with Crippen molar-refractivity contribution in [2.45, 2.75) is 6.42 Å². The van der Waals surface area contributed by atoms with E-state index in [-0.39, 0.29) is 0 Å². The highest BCUT2D eigenvalue weighted by molar-refractivity contribution is 4.57. The molecule has 0 aromatic rings. The zero-order valence-corrected chi connectivity index (χ0v) is 11.5. The van der Waals surface area contributed by atoms with Crippen molar-refractivity contribution in [3.63, 3.8) is 0 Å². The summed E-state index contributed by atoms with van der Waals surface area (Å²) < 4.78 is 0. The van der Waals surface area contributed by atoms with Crippen molar-refractivity contribution in [3.05, 3.63) is 0 Å². The SMILES string of the molecule is NCCCN(CCN)NCCNCCNCCN. The fraction of sp³-hybridized carbons (Fsp3) is 1.00. The first-order valence-electron chi connectivity index (χ1n) is 6.85. The van der Waals surface area contributed by atoms with E-state index >= 15 is 0 Å². The molecule has 0 aromatic carbocycles. The molecule has 0 radical (unpaired) electrons. The van der Waals surface area contributed by atoms with Crippen LogP contribution in [0, 0.1) is 0 Å². The van der Waals surface area contributed by atoms with Crippen molar-refractivity contribution in [2.24, 2.45) is 17.2 Å². The maximum atomic E-state index is 5.55. The summed E-state index contributed by atoms with van der Waals surface area (Å²) in [6.07, 6.45) is 0.990. The molecule has 0 heterocycles. The van der Waals surface area contributed by atoms with Gasteiger partial charge in [0.15, 0.2) is 0 Å². The smallest absolute Gasteiger partial charge is 0.0254 e. The lowest BCUT2D eigenvalue weighted by molar-refractivity contribution is 0.192. The molecule has 0 atom stereocenters. The largest absolute Gasteiger partial charge is 0.330 e. The summed E-state index contributed by atoms with van der Waals surface area (Å²) in [7, 11) is 0. The second-order valence-corrected chi connectivity index (χ2v) is 4.11. The van der Waals surface area contributed by atoms with Crippen LogP contribution in [0.4, 0.5) is 0 Å². The van der Waals surface area contributed by atoms with Gasteiger partial charge in [0.05, 0.1) is 0 Å². The highest BCUT2D eigenvalue weighted by atomic mass is 15.5. The highest BCUT2D eigenvalue weighted by Gasteiger charge is 2.01. The first-order valence-corrected chi connectivity index (χ1v) is 6.85. The van der Waals surface area contributed by atoms with E-state index in [1.54, 1.807) is 0 Å². The molecule has 9 N–H and O–H groups in total. The lowest BCUT2D eigenvalue weighted by Crippen LogP contribution is -2.45. The van der Waals surface area contributed by atoms with Gasteiger partial charge in [-0.1, -0.05) is 0 Å². The van der Waals surface area contributed by atoms with Gasteiger partial charge in [-0.25, -0.2) is 5.01 Å². The summed E-state index contributed by atoms with van der Waals surface area (Å²) in [5.41, 5.74) is 19.8. The van der Waals surface area contributed by atoms with E-state index in [1.807, 2.05) is 0 Å². The molecule has 0 aliphatic carbocycles. The molecule has 110 valence electrons. The average molecular weight is 261 g/mol. The van der Waals surface area contributed by atoms with E-state index in [0.29, 0.717) is 19.6 Å². The van der Waals surface area contributed by atoms with Crippen molar-refractivity contribution >= 4 is 0 Å². The van der Waals surface area contributed by atoms with Crippen LogP contribution in [0.1, 0.15) is 6.42 Å². The van der Waals surface area contributed by atoms with Crippen LogP contribution < -0.4 is 33.3 Å². The van der Waals surface area contributed by atoms with E-state index in [9.17, 15) is 0 Å². The van der Waals surface area contributed by atoms with E-state index in [0.717, 1.165) is 52.2 Å². The van der Waals surface area contributed by atoms with Gasteiger partial charge in [0, 0.05) is 58.9 Å². The van der Waals surface area contributed by atoms with Gasteiger partial charge < -0.3 is 27.8 Å². The Bertz CT molecular complexity index is 156. The molecule has 0 bridgehead atoms. The molecule has 0 rings (SSSR count). The van der Waals surface area contributed by atoms with Gasteiger partial charge in [-0.3, -0.25) is 5.43 Å². The molecule has 0 fully saturated rings. The Kier molecular flexibility index (Phi) is 14.5. The maximum absolute atomic E-state index is 5.55. The normalized spacial score (nSPS) is 11.3. The van der Waals surface area contributed by atoms with E-state index < -0.39 is 0 Å². The summed E-state index contributed by atoms with van der Waals surface area (Å²) in [6, 6.07) is 0. The van der Waals surface area contributed by atoms with Crippen molar-refractivity contribution in [1.29, 1.82) is 0 Å². The van der Waals surface area contributed by atoms with Gasteiger partial charge in [0.2, 0.25) is 0 Å². The Hall–Kier alpha value is -0.280. The van der Waals surface area contributed by atoms with Crippen molar-refractivity contribution in [1.82, 2.24) is 21.1 Å². The van der Waals surface area contributed by atoms with Crippen molar-refractivity contribution in [2.75, 3.05) is 65.4 Å². The number of nitrogens with zero attached hydrogens (tertiary/aromatic N) is 1. The Balaban J connectivity index is 3.31. The fourth-order valence-corrected chi connectivity index (χ4v) is 1.54. The van der Waals surface area contributed by atoms with Crippen LogP contribution in [0.5, 0.6) is 0 Å². The molecule has 0 aromatic heterocycles. The van der Waals surface area contributed by atoms with Crippen LogP contribution in [0.25, 0.3) is 0 Å². The molecular formula is C11H31N7. The summed E-state index contributed by atoms with van der Waals surface area (Å²) in [4.78, 5) is 0. The second-order valence-electron chi connectivity index (χ2n) is 4.11. The lowest BCUT2D eigenvalue weighted by Gasteiger charge is -2.22. The highest BCUT2D eigenvalue weighted by Crippen LogP contribution is 1.84. The minimum absolute atomic E-state index is 0.661. The van der Waals surface area contributed by atoms with Crippen LogP contribution in [0.15, 0.2) is 0 Å². The quantitative estimate of drug-likeness (QED) is 0.148. The van der Waals surface area contributed by atoms with Crippen molar-refractivity contribution < 1.29 is 0 Å². The van der Waals surface area contributed by atoms with E-state index in [4.69, 9.17) is 17.2 Å². The third kappa shape index (κ3) is 12.2. The van der Waals surface area contributed by atoms with E-state index in [2.05, 4.69) is 21.1 Å². The third-order valence-electron chi connectivity index (χ3n) is 2.47. The van der Waals surface area contributed by atoms with Crippen LogP contribution in [-0.4, -0.2) is 70.5 Å². The second kappa shape index (κ2) is 14.8. The monoisotopic (exact) mass is 261 g/mol. The Morgan fingerprint density at radius 2 is 1.33 bits per heavy atom. The molecule has 0 amide bonds. The Morgan fingerprint density at radius 3 is 1.94 bits per heavy atom. The molecule has 7 nitrogen and oxygen atoms in total.